The van der Waals surface area contributed by atoms with Crippen molar-refractivity contribution < 1.29 is 4.74 Å². The second-order valence-electron chi connectivity index (χ2n) is 7.31. The van der Waals surface area contributed by atoms with Crippen LogP contribution < -0.4 is 10.1 Å². The maximum absolute atomic E-state index is 5.30. The second-order valence-corrected chi connectivity index (χ2v) is 7.31. The predicted octanol–water partition coefficient (Wildman–Crippen LogP) is 3.47. The van der Waals surface area contributed by atoms with Crippen molar-refractivity contribution in [3.05, 3.63) is 29.8 Å². The van der Waals surface area contributed by atoms with Crippen LogP contribution in [-0.2, 0) is 6.42 Å². The van der Waals surface area contributed by atoms with E-state index in [1.165, 1.54) is 50.6 Å². The monoisotopic (exact) mass is 329 g/mol. The Bertz CT molecular complexity index is 564. The molecule has 0 unspecified atom stereocenters. The summed E-state index contributed by atoms with van der Waals surface area (Å²) in [7, 11) is 3.62. The summed E-state index contributed by atoms with van der Waals surface area (Å²) < 4.78 is 5.30. The fourth-order valence-electron chi connectivity index (χ4n) is 4.30. The fraction of sp³-hybridized carbons (Fsp3) is 0.650. The van der Waals surface area contributed by atoms with Crippen LogP contribution in [-0.4, -0.2) is 44.7 Å². The SMILES string of the molecule is CN=C(NCCc1cccc(OC)c1)N1CCC2(CCCCC2)C1. The number of benzene rings is 1. The van der Waals surface area contributed by atoms with Crippen LogP contribution in [0.5, 0.6) is 5.75 Å². The zero-order valence-electron chi connectivity index (χ0n) is 15.2. The predicted molar refractivity (Wildman–Crippen MR) is 99.8 cm³/mol. The summed E-state index contributed by atoms with van der Waals surface area (Å²) in [5, 5.41) is 3.55. The average Bonchev–Trinajstić information content (AvgIpc) is 3.02. The largest absolute Gasteiger partial charge is 0.497 e. The van der Waals surface area contributed by atoms with Gasteiger partial charge in [-0.3, -0.25) is 4.99 Å². The number of aliphatic imine (C=N–C) groups is 1. The third-order valence-corrected chi connectivity index (χ3v) is 5.69. The summed E-state index contributed by atoms with van der Waals surface area (Å²) in [6.07, 6.45) is 9.38. The van der Waals surface area contributed by atoms with Crippen LogP contribution in [0.25, 0.3) is 0 Å². The number of guanidine groups is 1. The molecule has 4 heteroatoms. The van der Waals surface area contributed by atoms with E-state index in [1.807, 2.05) is 13.1 Å². The molecular weight excluding hydrogens is 298 g/mol. The van der Waals surface area contributed by atoms with Gasteiger partial charge in [0.05, 0.1) is 7.11 Å². The normalized spacial score (nSPS) is 20.4. The molecule has 1 spiro atoms. The van der Waals surface area contributed by atoms with Gasteiger partial charge >= 0.3 is 0 Å². The fourth-order valence-corrected chi connectivity index (χ4v) is 4.30. The Kier molecular flexibility index (Phi) is 5.64. The lowest BCUT2D eigenvalue weighted by molar-refractivity contribution is 0.203. The van der Waals surface area contributed by atoms with Crippen LogP contribution in [0.2, 0.25) is 0 Å². The minimum Gasteiger partial charge on any atom is -0.497 e. The molecule has 1 aromatic rings. The van der Waals surface area contributed by atoms with Gasteiger partial charge in [0.1, 0.15) is 5.75 Å². The smallest absolute Gasteiger partial charge is 0.193 e. The van der Waals surface area contributed by atoms with Crippen molar-refractivity contribution in [3.8, 4) is 5.75 Å². The zero-order valence-corrected chi connectivity index (χ0v) is 15.2. The van der Waals surface area contributed by atoms with E-state index in [1.54, 1.807) is 7.11 Å². The first kappa shape index (κ1) is 17.1. The van der Waals surface area contributed by atoms with Crippen molar-refractivity contribution in [1.82, 2.24) is 10.2 Å². The van der Waals surface area contributed by atoms with E-state index in [4.69, 9.17) is 4.74 Å². The van der Waals surface area contributed by atoms with E-state index in [9.17, 15) is 0 Å². The van der Waals surface area contributed by atoms with E-state index in [0.29, 0.717) is 5.41 Å². The summed E-state index contributed by atoms with van der Waals surface area (Å²) in [5.74, 6) is 2.00. The molecule has 1 saturated heterocycles. The Hall–Kier alpha value is -1.71. The van der Waals surface area contributed by atoms with Crippen molar-refractivity contribution in [2.75, 3.05) is 33.8 Å². The van der Waals surface area contributed by atoms with Crippen molar-refractivity contribution in [3.63, 3.8) is 0 Å². The minimum atomic E-state index is 0.572. The van der Waals surface area contributed by atoms with Crippen molar-refractivity contribution >= 4 is 5.96 Å². The highest BCUT2D eigenvalue weighted by Crippen LogP contribution is 2.43. The van der Waals surface area contributed by atoms with Crippen LogP contribution in [0.15, 0.2) is 29.3 Å². The Morgan fingerprint density at radius 1 is 1.25 bits per heavy atom. The van der Waals surface area contributed by atoms with Crippen LogP contribution in [0.3, 0.4) is 0 Å². The van der Waals surface area contributed by atoms with E-state index in [0.717, 1.165) is 31.2 Å². The number of ether oxygens (including phenoxy) is 1. The molecule has 0 amide bonds. The number of methoxy groups -OCH3 is 1. The number of rotatable bonds is 4. The molecule has 2 aliphatic rings. The van der Waals surface area contributed by atoms with Crippen LogP contribution in [0, 0.1) is 5.41 Å². The average molecular weight is 329 g/mol. The molecule has 0 radical (unpaired) electrons. The summed E-state index contributed by atoms with van der Waals surface area (Å²) >= 11 is 0. The van der Waals surface area contributed by atoms with Gasteiger partial charge in [-0.05, 0) is 48.8 Å². The van der Waals surface area contributed by atoms with Gasteiger partial charge in [-0.15, -0.1) is 0 Å². The third kappa shape index (κ3) is 4.03. The molecule has 0 bridgehead atoms. The van der Waals surface area contributed by atoms with Gasteiger partial charge in [-0.25, -0.2) is 0 Å². The first-order valence-electron chi connectivity index (χ1n) is 9.33. The highest BCUT2D eigenvalue weighted by molar-refractivity contribution is 5.80. The molecule has 1 saturated carbocycles. The Morgan fingerprint density at radius 2 is 2.08 bits per heavy atom. The van der Waals surface area contributed by atoms with Crippen molar-refractivity contribution in [2.45, 2.75) is 44.9 Å². The lowest BCUT2D eigenvalue weighted by atomic mass is 9.73. The molecule has 2 fully saturated rings. The topological polar surface area (TPSA) is 36.9 Å². The summed E-state index contributed by atoms with van der Waals surface area (Å²) in [4.78, 5) is 6.99. The van der Waals surface area contributed by atoms with Crippen LogP contribution in [0.4, 0.5) is 0 Å². The van der Waals surface area contributed by atoms with Gasteiger partial charge in [0, 0.05) is 26.7 Å². The van der Waals surface area contributed by atoms with Gasteiger partial charge in [0.25, 0.3) is 0 Å². The molecule has 0 atom stereocenters. The highest BCUT2D eigenvalue weighted by Gasteiger charge is 2.39. The number of nitrogens with zero attached hydrogens (tertiary/aromatic N) is 2. The standard InChI is InChI=1S/C20H31N3O/c1-21-19(22-13-9-17-7-6-8-18(15-17)24-2)23-14-12-20(16-23)10-4-3-5-11-20/h6-8,15H,3-5,9-14,16H2,1-2H3,(H,21,22). The van der Waals surface area contributed by atoms with Gasteiger partial charge in [0.2, 0.25) is 0 Å². The molecule has 24 heavy (non-hydrogen) atoms. The molecule has 1 N–H and O–H groups in total. The summed E-state index contributed by atoms with van der Waals surface area (Å²) in [6, 6.07) is 8.30. The van der Waals surface area contributed by atoms with Crippen LogP contribution in [0.1, 0.15) is 44.1 Å². The number of nitrogens with one attached hydrogen (secondary N) is 1. The molecule has 1 heterocycles. The minimum absolute atomic E-state index is 0.572. The van der Waals surface area contributed by atoms with Crippen molar-refractivity contribution in [1.29, 1.82) is 0 Å². The van der Waals surface area contributed by atoms with E-state index in [2.05, 4.69) is 33.4 Å². The number of hydrogen-bond donors (Lipinski definition) is 1. The molecule has 1 aliphatic carbocycles. The molecule has 3 rings (SSSR count). The highest BCUT2D eigenvalue weighted by atomic mass is 16.5. The third-order valence-electron chi connectivity index (χ3n) is 5.69. The van der Waals surface area contributed by atoms with Gasteiger partial charge in [-0.1, -0.05) is 31.4 Å². The summed E-state index contributed by atoms with van der Waals surface area (Å²) in [5.41, 5.74) is 1.87. The lowest BCUT2D eigenvalue weighted by Gasteiger charge is -2.33. The number of likely N-dealkylation sites (tertiary alicyclic amines) is 1. The van der Waals surface area contributed by atoms with Crippen molar-refractivity contribution in [2.24, 2.45) is 10.4 Å². The maximum Gasteiger partial charge on any atom is 0.193 e. The molecule has 132 valence electrons. The van der Waals surface area contributed by atoms with E-state index < -0.39 is 0 Å². The summed E-state index contributed by atoms with van der Waals surface area (Å²) in [6.45, 7) is 3.24. The molecule has 1 aromatic carbocycles. The second kappa shape index (κ2) is 7.91. The van der Waals surface area contributed by atoms with Crippen LogP contribution >= 0.6 is 0 Å². The Morgan fingerprint density at radius 3 is 2.83 bits per heavy atom. The zero-order chi connectivity index (χ0) is 16.8. The first-order chi connectivity index (χ1) is 11.7. The Balaban J connectivity index is 1.50. The Labute approximate surface area is 146 Å². The molecular formula is C20H31N3O. The van der Waals surface area contributed by atoms with Gasteiger partial charge in [-0.2, -0.15) is 0 Å². The van der Waals surface area contributed by atoms with E-state index in [-0.39, 0.29) is 0 Å². The first-order valence-corrected chi connectivity index (χ1v) is 9.33. The van der Waals surface area contributed by atoms with E-state index >= 15 is 0 Å². The molecule has 1 aliphatic heterocycles. The number of hydrogen-bond acceptors (Lipinski definition) is 2. The van der Waals surface area contributed by atoms with Gasteiger partial charge in [0.15, 0.2) is 5.96 Å². The molecule has 0 aromatic heterocycles. The quantitative estimate of drug-likeness (QED) is 0.679. The molecule has 4 nitrogen and oxygen atoms in total. The lowest BCUT2D eigenvalue weighted by Crippen LogP contribution is -2.42. The van der Waals surface area contributed by atoms with Gasteiger partial charge < -0.3 is 15.0 Å². The maximum atomic E-state index is 5.30.